The number of rotatable bonds is 30. The molecule has 0 aliphatic carbocycles. The highest BCUT2D eigenvalue weighted by molar-refractivity contribution is 6.84. The van der Waals surface area contributed by atoms with Gasteiger partial charge in [-0.2, -0.15) is 0 Å². The fourth-order valence-electron chi connectivity index (χ4n) is 6.06. The molecule has 8 unspecified atom stereocenters. The van der Waals surface area contributed by atoms with E-state index in [1.165, 1.54) is 42.7 Å². The van der Waals surface area contributed by atoms with Crippen LogP contribution >= 0.6 is 0 Å². The van der Waals surface area contributed by atoms with Gasteiger partial charge in [0.15, 0.2) is 28.8 Å². The molecule has 0 aromatic carbocycles. The van der Waals surface area contributed by atoms with Crippen molar-refractivity contribution in [2.24, 2.45) is 0 Å². The molecule has 49 heavy (non-hydrogen) atoms. The third-order valence-electron chi connectivity index (χ3n) is 8.42. The molecule has 8 atom stereocenters. The highest BCUT2D eigenvalue weighted by Gasteiger charge is 2.41. The Hall–Kier alpha value is -1.07. The summed E-state index contributed by atoms with van der Waals surface area (Å²) in [6.07, 6.45) is -3.81. The van der Waals surface area contributed by atoms with Crippen LogP contribution in [0.25, 0.3) is 0 Å². The van der Waals surface area contributed by atoms with Gasteiger partial charge in [-0.25, -0.2) is 0 Å². The Kier molecular flexibility index (Phi) is 25.3. The van der Waals surface area contributed by atoms with Crippen molar-refractivity contribution in [2.45, 2.75) is 99.9 Å². The van der Waals surface area contributed by atoms with Crippen LogP contribution < -0.4 is 10.6 Å². The minimum absolute atomic E-state index is 0.268. The van der Waals surface area contributed by atoms with E-state index in [1.54, 1.807) is 28.4 Å². The van der Waals surface area contributed by atoms with Crippen LogP contribution in [0.5, 0.6) is 0 Å². The van der Waals surface area contributed by atoms with Gasteiger partial charge in [-0.15, -0.1) is 0 Å². The first kappa shape index (κ1) is 47.9. The van der Waals surface area contributed by atoms with Gasteiger partial charge < -0.3 is 62.1 Å². The minimum atomic E-state index is -2.05. The smallest absolute Gasteiger partial charge is 0.251 e. The van der Waals surface area contributed by atoms with E-state index in [0.717, 1.165) is 24.9 Å². The molecule has 0 radical (unpaired) electrons. The number of carbonyl (C=O) groups is 2. The summed E-state index contributed by atoms with van der Waals surface area (Å²) in [4.78, 5) is 26.3. The maximum atomic E-state index is 13.1. The summed E-state index contributed by atoms with van der Waals surface area (Å²) >= 11 is 0. The highest BCUT2D eigenvalue weighted by atomic mass is 28.4. The van der Waals surface area contributed by atoms with Crippen LogP contribution in [0, 0.1) is 0 Å². The SMILES string of the molecule is COCC(OC)C(OC)C(OC)C(OC)C(=O)NCCC[Si](C)(C)O[Si](C)(C)CCCNC(=O)C(OC)C(OC)C(OC)C(COC)OC. The monoisotopic (exact) mass is 744 g/mol. The van der Waals surface area contributed by atoms with Crippen LogP contribution in [-0.2, 0) is 61.1 Å². The van der Waals surface area contributed by atoms with Gasteiger partial charge in [0.25, 0.3) is 11.8 Å². The molecule has 0 heterocycles. The van der Waals surface area contributed by atoms with Gasteiger partial charge in [0.1, 0.15) is 36.6 Å². The van der Waals surface area contributed by atoms with Gasteiger partial charge in [-0.3, -0.25) is 9.59 Å². The van der Waals surface area contributed by atoms with Gasteiger partial charge in [0, 0.05) is 84.2 Å². The van der Waals surface area contributed by atoms with Crippen molar-refractivity contribution in [3.8, 4) is 0 Å². The van der Waals surface area contributed by atoms with Crippen molar-refractivity contribution in [3.63, 3.8) is 0 Å². The molecule has 17 heteroatoms. The normalized spacial score (nSPS) is 17.4. The van der Waals surface area contributed by atoms with E-state index in [4.69, 9.17) is 51.5 Å². The number of hydrogen-bond donors (Lipinski definition) is 2. The molecule has 15 nitrogen and oxygen atoms in total. The number of ether oxygens (including phenoxy) is 10. The maximum absolute atomic E-state index is 13.1. The van der Waals surface area contributed by atoms with Crippen molar-refractivity contribution < 1.29 is 61.1 Å². The van der Waals surface area contributed by atoms with E-state index in [2.05, 4.69) is 36.8 Å². The van der Waals surface area contributed by atoms with Crippen molar-refractivity contribution >= 4 is 28.4 Å². The number of amides is 2. The van der Waals surface area contributed by atoms with Crippen LogP contribution in [-0.4, -0.2) is 175 Å². The summed E-state index contributed by atoms with van der Waals surface area (Å²) in [6.45, 7) is 10.3. The molecule has 2 N–H and O–H groups in total. The predicted octanol–water partition coefficient (Wildman–Crippen LogP) is 1.84. The molecule has 0 aromatic heterocycles. The molecule has 0 aromatic rings. The Labute approximate surface area is 297 Å². The number of hydrogen-bond acceptors (Lipinski definition) is 13. The zero-order valence-corrected chi connectivity index (χ0v) is 34.6. The standard InChI is InChI=1S/C32H68N2O13Si2/c1-37-21-23(39-3)25(41-5)27(43-7)29(45-9)31(35)33-17-15-19-48(11,12)47-49(13,14)20-16-18-34-32(36)30(46-10)28(44-8)26(42-6)24(40-4)22-38-2/h23-30H,15-22H2,1-14H3,(H,33,35)(H,34,36). The lowest BCUT2D eigenvalue weighted by atomic mass is 10.0. The van der Waals surface area contributed by atoms with Gasteiger partial charge in [-0.1, -0.05) is 0 Å². The van der Waals surface area contributed by atoms with Gasteiger partial charge in [0.05, 0.1) is 13.2 Å². The van der Waals surface area contributed by atoms with E-state index in [0.29, 0.717) is 13.1 Å². The molecule has 0 saturated heterocycles. The largest absolute Gasteiger partial charge is 0.455 e. The molecule has 0 aliphatic rings. The van der Waals surface area contributed by atoms with E-state index in [9.17, 15) is 9.59 Å². The van der Waals surface area contributed by atoms with E-state index >= 15 is 0 Å². The molecular formula is C32H68N2O13Si2. The highest BCUT2D eigenvalue weighted by Crippen LogP contribution is 2.24. The summed E-state index contributed by atoms with van der Waals surface area (Å²) in [5, 5.41) is 5.96. The van der Waals surface area contributed by atoms with E-state index in [1.807, 2.05) is 0 Å². The summed E-state index contributed by atoms with van der Waals surface area (Å²) in [6, 6.07) is 1.73. The second kappa shape index (κ2) is 25.8. The lowest BCUT2D eigenvalue weighted by Gasteiger charge is -2.35. The molecule has 0 rings (SSSR count). The summed E-state index contributed by atoms with van der Waals surface area (Å²) in [5.74, 6) is -0.584. The third kappa shape index (κ3) is 16.9. The second-order valence-corrected chi connectivity index (χ2v) is 21.8. The van der Waals surface area contributed by atoms with Crippen LogP contribution in [0.4, 0.5) is 0 Å². The zero-order valence-electron chi connectivity index (χ0n) is 32.6. The first-order valence-corrected chi connectivity index (χ1v) is 22.9. The van der Waals surface area contributed by atoms with E-state index < -0.39 is 65.5 Å². The second-order valence-electron chi connectivity index (χ2n) is 13.0. The lowest BCUT2D eigenvalue weighted by Crippen LogP contribution is -2.54. The Morgan fingerprint density at radius 2 is 0.816 bits per heavy atom. The summed E-state index contributed by atoms with van der Waals surface area (Å²) in [5.41, 5.74) is 0. The van der Waals surface area contributed by atoms with Crippen molar-refractivity contribution in [3.05, 3.63) is 0 Å². The van der Waals surface area contributed by atoms with Gasteiger partial charge >= 0.3 is 0 Å². The molecular weight excluding hydrogens is 677 g/mol. The Bertz CT molecular complexity index is 822. The van der Waals surface area contributed by atoms with Crippen LogP contribution in [0.1, 0.15) is 12.8 Å². The Morgan fingerprint density at radius 3 is 1.06 bits per heavy atom. The fourth-order valence-corrected chi connectivity index (χ4v) is 14.9. The van der Waals surface area contributed by atoms with Gasteiger partial charge in [-0.05, 0) is 51.1 Å². The molecule has 0 aliphatic heterocycles. The average Bonchev–Trinajstić information content (AvgIpc) is 3.06. The number of carbonyl (C=O) groups excluding carboxylic acids is 2. The predicted molar refractivity (Wildman–Crippen MR) is 191 cm³/mol. The molecule has 0 spiro atoms. The minimum Gasteiger partial charge on any atom is -0.455 e. The Morgan fingerprint density at radius 1 is 0.490 bits per heavy atom. The fraction of sp³-hybridized carbons (Fsp3) is 0.938. The average molecular weight is 745 g/mol. The van der Waals surface area contributed by atoms with Crippen molar-refractivity contribution in [2.75, 3.05) is 97.4 Å². The van der Waals surface area contributed by atoms with Crippen LogP contribution in [0.15, 0.2) is 0 Å². The quantitative estimate of drug-likeness (QED) is 0.0812. The first-order chi connectivity index (χ1) is 23.2. The van der Waals surface area contributed by atoms with Crippen LogP contribution in [0.3, 0.4) is 0 Å². The molecule has 292 valence electrons. The van der Waals surface area contributed by atoms with Crippen molar-refractivity contribution in [1.82, 2.24) is 10.6 Å². The third-order valence-corrected chi connectivity index (χ3v) is 16.0. The first-order valence-electron chi connectivity index (χ1n) is 16.7. The van der Waals surface area contributed by atoms with E-state index in [-0.39, 0.29) is 25.0 Å². The summed E-state index contributed by atoms with van der Waals surface area (Å²) in [7, 11) is 11.2. The Balaban J connectivity index is 5.00. The molecule has 0 saturated carbocycles. The number of methoxy groups -OCH3 is 10. The molecule has 0 fully saturated rings. The van der Waals surface area contributed by atoms with Crippen molar-refractivity contribution in [1.29, 1.82) is 0 Å². The zero-order chi connectivity index (χ0) is 37.6. The lowest BCUT2D eigenvalue weighted by molar-refractivity contribution is -0.169. The van der Waals surface area contributed by atoms with Crippen LogP contribution in [0.2, 0.25) is 38.3 Å². The number of nitrogens with one attached hydrogen (secondary N) is 2. The van der Waals surface area contributed by atoms with Gasteiger partial charge in [0.2, 0.25) is 0 Å². The topological polar surface area (TPSA) is 160 Å². The molecule has 2 amide bonds. The molecule has 0 bridgehead atoms. The maximum Gasteiger partial charge on any atom is 0.251 e. The summed E-state index contributed by atoms with van der Waals surface area (Å²) < 4.78 is 61.9.